The Kier molecular flexibility index (Phi) is 7.14. The maximum atomic E-state index is 10.3. The minimum absolute atomic E-state index is 0.0500. The van der Waals surface area contributed by atoms with Crippen LogP contribution >= 0.6 is 23.2 Å². The minimum Gasteiger partial charge on any atom is -0.404 e. The zero-order valence-corrected chi connectivity index (χ0v) is 12.6. The lowest BCUT2D eigenvalue weighted by Crippen LogP contribution is -1.99. The second-order valence-electron chi connectivity index (χ2n) is 3.57. The zero-order valence-electron chi connectivity index (χ0n) is 11.1. The van der Waals surface area contributed by atoms with Crippen molar-refractivity contribution >= 4 is 41.3 Å². The molecule has 0 saturated heterocycles. The number of allylic oxidation sites excluding steroid dienone is 3. The van der Waals surface area contributed by atoms with Gasteiger partial charge in [0.2, 0.25) is 5.28 Å². The molecule has 21 heavy (non-hydrogen) atoms. The Morgan fingerprint density at radius 1 is 1.48 bits per heavy atom. The highest BCUT2D eigenvalue weighted by Crippen LogP contribution is 2.21. The van der Waals surface area contributed by atoms with E-state index in [1.165, 1.54) is 30.8 Å². The fraction of sp³-hybridized carbons (Fsp3) is 0.0769. The first-order chi connectivity index (χ1) is 10.1. The molecule has 0 amide bonds. The van der Waals surface area contributed by atoms with Crippen LogP contribution in [0.4, 0.5) is 0 Å². The molecule has 0 aromatic carbocycles. The largest absolute Gasteiger partial charge is 0.404 e. The number of hydrogen-bond donors (Lipinski definition) is 2. The van der Waals surface area contributed by atoms with Crippen LogP contribution in [0.3, 0.4) is 0 Å². The molecular formula is C13H13Cl2N5O. The molecule has 1 heterocycles. The van der Waals surface area contributed by atoms with E-state index in [9.17, 15) is 4.79 Å². The number of hydrogen-bond acceptors (Lipinski definition) is 6. The van der Waals surface area contributed by atoms with Crippen LogP contribution in [0.1, 0.15) is 5.69 Å². The normalized spacial score (nSPS) is 13.1. The summed E-state index contributed by atoms with van der Waals surface area (Å²) in [5.41, 5.74) is 6.90. The number of nitrogens with one attached hydrogen (secondary N) is 1. The molecule has 110 valence electrons. The van der Waals surface area contributed by atoms with Crippen molar-refractivity contribution in [2.45, 2.75) is 0 Å². The number of aldehydes is 1. The van der Waals surface area contributed by atoms with Crippen molar-refractivity contribution in [1.82, 2.24) is 15.3 Å². The molecule has 0 fully saturated rings. The number of carbonyl (C=O) groups is 1. The van der Waals surface area contributed by atoms with Crippen LogP contribution in [0.15, 0.2) is 41.4 Å². The molecule has 0 aliphatic rings. The van der Waals surface area contributed by atoms with Gasteiger partial charge in [-0.25, -0.2) is 9.97 Å². The summed E-state index contributed by atoms with van der Waals surface area (Å²) in [6.07, 6.45) is 9.25. The van der Waals surface area contributed by atoms with E-state index in [0.717, 1.165) is 0 Å². The third-order valence-corrected chi connectivity index (χ3v) is 2.62. The van der Waals surface area contributed by atoms with Crippen molar-refractivity contribution in [3.05, 3.63) is 52.4 Å². The highest BCUT2D eigenvalue weighted by molar-refractivity contribution is 6.34. The molecule has 0 atom stereocenters. The standard InChI is InChI=1S/C13H13Cl2N5O/c1-17-7-10(3-2-4-21)18-6-9(5-16)12-11(14)8-19-13(15)20-12/h2-8,17H,16H2,1H3/b3-2-,9-5+,10-7+,18-6+. The number of nitrogens with zero attached hydrogens (tertiary/aromatic N) is 3. The predicted molar refractivity (Wildman–Crippen MR) is 85.1 cm³/mol. The second kappa shape index (κ2) is 8.89. The van der Waals surface area contributed by atoms with Crippen molar-refractivity contribution in [3.8, 4) is 0 Å². The molecule has 0 aliphatic heterocycles. The van der Waals surface area contributed by atoms with Gasteiger partial charge in [-0.3, -0.25) is 9.79 Å². The van der Waals surface area contributed by atoms with Crippen molar-refractivity contribution in [2.75, 3.05) is 7.05 Å². The topological polar surface area (TPSA) is 93.3 Å². The SMILES string of the molecule is CN/C=C(\C=C/C=O)/N=C/C(=C\N)c1nc(Cl)ncc1Cl. The van der Waals surface area contributed by atoms with Gasteiger partial charge < -0.3 is 11.1 Å². The van der Waals surface area contributed by atoms with Crippen molar-refractivity contribution in [3.63, 3.8) is 0 Å². The zero-order chi connectivity index (χ0) is 15.7. The van der Waals surface area contributed by atoms with E-state index in [0.29, 0.717) is 28.3 Å². The highest BCUT2D eigenvalue weighted by atomic mass is 35.5. The van der Waals surface area contributed by atoms with E-state index in [2.05, 4.69) is 20.3 Å². The Bertz CT molecular complexity index is 623. The maximum Gasteiger partial charge on any atom is 0.222 e. The van der Waals surface area contributed by atoms with Crippen LogP contribution in [-0.4, -0.2) is 29.5 Å². The summed E-state index contributed by atoms with van der Waals surface area (Å²) >= 11 is 11.7. The van der Waals surface area contributed by atoms with Crippen LogP contribution in [0.5, 0.6) is 0 Å². The van der Waals surface area contributed by atoms with Crippen LogP contribution in [0.2, 0.25) is 10.3 Å². The molecule has 3 N–H and O–H groups in total. The molecule has 0 aliphatic carbocycles. The molecule has 0 spiro atoms. The Hall–Kier alpha value is -2.18. The fourth-order valence-corrected chi connectivity index (χ4v) is 1.62. The van der Waals surface area contributed by atoms with E-state index in [-0.39, 0.29) is 5.28 Å². The molecular weight excluding hydrogens is 313 g/mol. The molecule has 1 aromatic heterocycles. The fourth-order valence-electron chi connectivity index (χ4n) is 1.29. The molecule has 0 radical (unpaired) electrons. The van der Waals surface area contributed by atoms with Crippen LogP contribution < -0.4 is 11.1 Å². The van der Waals surface area contributed by atoms with Gasteiger partial charge in [-0.05, 0) is 23.8 Å². The van der Waals surface area contributed by atoms with Crippen molar-refractivity contribution in [2.24, 2.45) is 10.7 Å². The average Bonchev–Trinajstić information content (AvgIpc) is 2.48. The number of nitrogens with two attached hydrogens (primary N) is 1. The lowest BCUT2D eigenvalue weighted by Gasteiger charge is -2.03. The molecule has 1 rings (SSSR count). The first kappa shape index (κ1) is 16.9. The summed E-state index contributed by atoms with van der Waals surface area (Å²) in [5, 5.41) is 3.16. The van der Waals surface area contributed by atoms with Crippen molar-refractivity contribution < 1.29 is 4.79 Å². The number of aliphatic imine (C=N–C) groups is 1. The van der Waals surface area contributed by atoms with Gasteiger partial charge in [-0.15, -0.1) is 0 Å². The summed E-state index contributed by atoms with van der Waals surface area (Å²) < 4.78 is 0. The van der Waals surface area contributed by atoms with E-state index >= 15 is 0 Å². The van der Waals surface area contributed by atoms with Gasteiger partial charge in [0.15, 0.2) is 0 Å². The van der Waals surface area contributed by atoms with Gasteiger partial charge in [0.05, 0.1) is 22.6 Å². The Morgan fingerprint density at radius 2 is 2.24 bits per heavy atom. The van der Waals surface area contributed by atoms with Crippen LogP contribution in [0.25, 0.3) is 5.57 Å². The summed E-state index contributed by atoms with van der Waals surface area (Å²) in [6.45, 7) is 0. The number of aromatic nitrogens is 2. The monoisotopic (exact) mass is 325 g/mol. The van der Waals surface area contributed by atoms with Crippen molar-refractivity contribution in [1.29, 1.82) is 0 Å². The van der Waals surface area contributed by atoms with E-state index in [1.54, 1.807) is 13.2 Å². The summed E-state index contributed by atoms with van der Waals surface area (Å²) in [4.78, 5) is 22.3. The van der Waals surface area contributed by atoms with E-state index in [1.807, 2.05) is 0 Å². The smallest absolute Gasteiger partial charge is 0.222 e. The van der Waals surface area contributed by atoms with E-state index in [4.69, 9.17) is 28.9 Å². The van der Waals surface area contributed by atoms with Gasteiger partial charge in [-0.2, -0.15) is 0 Å². The Morgan fingerprint density at radius 3 is 2.86 bits per heavy atom. The predicted octanol–water partition coefficient (Wildman–Crippen LogP) is 1.97. The maximum absolute atomic E-state index is 10.3. The molecule has 6 nitrogen and oxygen atoms in total. The van der Waals surface area contributed by atoms with Crippen LogP contribution in [0, 0.1) is 0 Å². The molecule has 0 saturated carbocycles. The third kappa shape index (κ3) is 5.37. The highest BCUT2D eigenvalue weighted by Gasteiger charge is 2.08. The first-order valence-corrected chi connectivity index (χ1v) is 6.51. The summed E-state index contributed by atoms with van der Waals surface area (Å²) in [6, 6.07) is 0. The molecule has 0 unspecified atom stereocenters. The van der Waals surface area contributed by atoms with Gasteiger partial charge in [0.25, 0.3) is 0 Å². The van der Waals surface area contributed by atoms with Gasteiger partial charge in [0.1, 0.15) is 6.29 Å². The molecule has 1 aromatic rings. The lowest BCUT2D eigenvalue weighted by molar-refractivity contribution is -0.104. The second-order valence-corrected chi connectivity index (χ2v) is 4.31. The van der Waals surface area contributed by atoms with Gasteiger partial charge in [-0.1, -0.05) is 11.6 Å². The first-order valence-electron chi connectivity index (χ1n) is 5.76. The Balaban J connectivity index is 3.09. The average molecular weight is 326 g/mol. The molecule has 0 bridgehead atoms. The van der Waals surface area contributed by atoms with Crippen LogP contribution in [-0.2, 0) is 4.79 Å². The number of rotatable bonds is 6. The minimum atomic E-state index is 0.0500. The molecule has 8 heteroatoms. The summed E-state index contributed by atoms with van der Waals surface area (Å²) in [7, 11) is 1.71. The van der Waals surface area contributed by atoms with Gasteiger partial charge >= 0.3 is 0 Å². The third-order valence-electron chi connectivity index (χ3n) is 2.16. The number of halogens is 2. The summed E-state index contributed by atoms with van der Waals surface area (Å²) in [5.74, 6) is 0. The number of carbonyl (C=O) groups excluding carboxylic acids is 1. The van der Waals surface area contributed by atoms with Gasteiger partial charge in [0, 0.05) is 31.2 Å². The lowest BCUT2D eigenvalue weighted by atomic mass is 10.2. The Labute approximate surface area is 132 Å². The van der Waals surface area contributed by atoms with E-state index < -0.39 is 0 Å². The quantitative estimate of drug-likeness (QED) is 0.274.